The fourth-order valence-electron chi connectivity index (χ4n) is 5.29. The van der Waals surface area contributed by atoms with Crippen molar-refractivity contribution >= 4 is 11.8 Å². The van der Waals surface area contributed by atoms with E-state index >= 15 is 0 Å². The Labute approximate surface area is 188 Å². The van der Waals surface area contributed by atoms with Crippen LogP contribution in [0.15, 0.2) is 42.5 Å². The van der Waals surface area contributed by atoms with Crippen LogP contribution in [0.25, 0.3) is 0 Å². The lowest BCUT2D eigenvalue weighted by molar-refractivity contribution is -0.124. The molecular formula is C27H28O5. The second-order valence-corrected chi connectivity index (χ2v) is 8.67. The van der Waals surface area contributed by atoms with Gasteiger partial charge in [0.15, 0.2) is 11.5 Å². The minimum atomic E-state index is -1.01. The third kappa shape index (κ3) is 3.86. The number of aromatic carboxylic acids is 1. The number of Topliss-reactive ketones (excluding diaryl/α,β-unsaturated/α-hetero) is 1. The molecule has 0 bridgehead atoms. The largest absolute Gasteiger partial charge is 0.493 e. The molecule has 2 aliphatic rings. The number of rotatable bonds is 6. The number of hydrogen-bond acceptors (Lipinski definition) is 4. The number of terminal acetylenes is 1. The first-order valence-corrected chi connectivity index (χ1v) is 11.2. The van der Waals surface area contributed by atoms with Crippen LogP contribution in [0, 0.1) is 18.3 Å². The highest BCUT2D eigenvalue weighted by Crippen LogP contribution is 2.49. The molecule has 5 nitrogen and oxygen atoms in total. The van der Waals surface area contributed by atoms with Crippen molar-refractivity contribution in [1.29, 1.82) is 0 Å². The van der Waals surface area contributed by atoms with Crippen LogP contribution in [0.1, 0.15) is 66.4 Å². The number of carboxylic acids is 1. The molecule has 2 aliphatic carbocycles. The van der Waals surface area contributed by atoms with Crippen molar-refractivity contribution < 1.29 is 24.2 Å². The molecule has 2 unspecified atom stereocenters. The molecular weight excluding hydrogens is 404 g/mol. The van der Waals surface area contributed by atoms with E-state index in [9.17, 15) is 14.7 Å². The Hall–Kier alpha value is -3.26. The average Bonchev–Trinajstić information content (AvgIpc) is 3.32. The first kappa shape index (κ1) is 22.0. The van der Waals surface area contributed by atoms with Gasteiger partial charge in [0.2, 0.25) is 0 Å². The Bertz CT molecular complexity index is 1060. The summed E-state index contributed by atoms with van der Waals surface area (Å²) in [5.41, 5.74) is 0.942. The summed E-state index contributed by atoms with van der Waals surface area (Å²) in [4.78, 5) is 24.7. The minimum Gasteiger partial charge on any atom is -0.493 e. The van der Waals surface area contributed by atoms with Gasteiger partial charge in [-0.3, -0.25) is 4.79 Å². The third-order valence-corrected chi connectivity index (χ3v) is 6.87. The smallest absolute Gasteiger partial charge is 0.335 e. The fraction of sp³-hybridized carbons (Fsp3) is 0.407. The number of carbonyl (C=O) groups excluding carboxylic acids is 1. The topological polar surface area (TPSA) is 72.8 Å². The number of benzene rings is 2. The molecule has 32 heavy (non-hydrogen) atoms. The van der Waals surface area contributed by atoms with E-state index < -0.39 is 17.3 Å². The summed E-state index contributed by atoms with van der Waals surface area (Å²) < 4.78 is 11.9. The maximum Gasteiger partial charge on any atom is 0.335 e. The lowest BCUT2D eigenvalue weighted by Gasteiger charge is -2.42. The Morgan fingerprint density at radius 3 is 2.53 bits per heavy atom. The zero-order valence-corrected chi connectivity index (χ0v) is 18.3. The summed E-state index contributed by atoms with van der Waals surface area (Å²) in [6.45, 7) is 0. The molecule has 0 aliphatic heterocycles. The summed E-state index contributed by atoms with van der Waals surface area (Å²) in [5.74, 6) is 2.32. The van der Waals surface area contributed by atoms with Crippen molar-refractivity contribution in [2.24, 2.45) is 5.92 Å². The fourth-order valence-corrected chi connectivity index (χ4v) is 5.29. The molecule has 5 heteroatoms. The highest BCUT2D eigenvalue weighted by atomic mass is 16.5. The lowest BCUT2D eigenvalue weighted by atomic mass is 9.59. The van der Waals surface area contributed by atoms with Gasteiger partial charge in [0.1, 0.15) is 5.78 Å². The summed E-state index contributed by atoms with van der Waals surface area (Å²) in [6.07, 6.45) is 12.1. The molecule has 0 heterocycles. The number of ketones is 1. The number of hydrogen-bond donors (Lipinski definition) is 1. The van der Waals surface area contributed by atoms with Crippen LogP contribution in [0.5, 0.6) is 11.5 Å². The van der Waals surface area contributed by atoms with Gasteiger partial charge in [-0.1, -0.05) is 24.1 Å². The molecule has 2 atom stereocenters. The zero-order chi connectivity index (χ0) is 22.7. The van der Waals surface area contributed by atoms with Crippen molar-refractivity contribution in [2.75, 3.05) is 7.11 Å². The van der Waals surface area contributed by atoms with Crippen LogP contribution in [0.4, 0.5) is 0 Å². The van der Waals surface area contributed by atoms with E-state index in [0.29, 0.717) is 30.8 Å². The molecule has 0 saturated heterocycles. The van der Waals surface area contributed by atoms with Crippen molar-refractivity contribution in [3.8, 4) is 23.8 Å². The molecule has 2 aromatic carbocycles. The molecule has 0 radical (unpaired) electrons. The van der Waals surface area contributed by atoms with Crippen molar-refractivity contribution in [3.05, 3.63) is 59.2 Å². The van der Waals surface area contributed by atoms with Crippen molar-refractivity contribution in [3.63, 3.8) is 0 Å². The predicted molar refractivity (Wildman–Crippen MR) is 121 cm³/mol. The predicted octanol–water partition coefficient (Wildman–Crippen LogP) is 5.00. The van der Waals surface area contributed by atoms with Crippen LogP contribution < -0.4 is 9.47 Å². The van der Waals surface area contributed by atoms with Gasteiger partial charge < -0.3 is 14.6 Å². The summed E-state index contributed by atoms with van der Waals surface area (Å²) in [5, 5.41) is 9.57. The van der Waals surface area contributed by atoms with Crippen molar-refractivity contribution in [2.45, 2.75) is 56.5 Å². The van der Waals surface area contributed by atoms with Crippen LogP contribution in [0.2, 0.25) is 0 Å². The van der Waals surface area contributed by atoms with Gasteiger partial charge in [-0.05, 0) is 73.9 Å². The monoisotopic (exact) mass is 432 g/mol. The maximum atomic E-state index is 13.0. The standard InChI is InChI=1S/C27H28O5/c1-3-22-23(28)12-7-15-27(22,19-9-6-8-18(16-19)26(29)30)20-13-14-24(31-2)25(17-20)32-21-10-4-5-11-21/h1,6,8-9,13-14,16-17,21-22H,4-5,7,10-12,15H2,2H3,(H,29,30). The minimum absolute atomic E-state index is 0.00792. The number of methoxy groups -OCH3 is 1. The molecule has 0 spiro atoms. The number of carbonyl (C=O) groups is 2. The van der Waals surface area contributed by atoms with Gasteiger partial charge in [-0.25, -0.2) is 4.79 Å². The van der Waals surface area contributed by atoms with E-state index in [4.69, 9.17) is 15.9 Å². The lowest BCUT2D eigenvalue weighted by Crippen LogP contribution is -2.43. The Morgan fingerprint density at radius 2 is 1.84 bits per heavy atom. The van der Waals surface area contributed by atoms with E-state index in [-0.39, 0.29) is 17.5 Å². The molecule has 2 aromatic rings. The van der Waals surface area contributed by atoms with Gasteiger partial charge >= 0.3 is 5.97 Å². The van der Waals surface area contributed by atoms with Gasteiger partial charge in [0.25, 0.3) is 0 Å². The Kier molecular flexibility index (Phi) is 6.23. The van der Waals surface area contributed by atoms with Gasteiger partial charge in [0, 0.05) is 11.8 Å². The molecule has 2 fully saturated rings. The first-order chi connectivity index (χ1) is 15.5. The van der Waals surface area contributed by atoms with E-state index in [1.54, 1.807) is 25.3 Å². The van der Waals surface area contributed by atoms with Gasteiger partial charge in [-0.2, -0.15) is 0 Å². The highest BCUT2D eigenvalue weighted by molar-refractivity contribution is 5.89. The quantitative estimate of drug-likeness (QED) is 0.650. The molecule has 2 saturated carbocycles. The van der Waals surface area contributed by atoms with Crippen LogP contribution in [-0.4, -0.2) is 30.1 Å². The maximum absolute atomic E-state index is 13.0. The Morgan fingerprint density at radius 1 is 1.09 bits per heavy atom. The van der Waals surface area contributed by atoms with Crippen molar-refractivity contribution in [1.82, 2.24) is 0 Å². The normalized spacial score (nSPS) is 23.5. The molecule has 1 N–H and O–H groups in total. The second-order valence-electron chi connectivity index (χ2n) is 8.67. The number of carboxylic acid groups (broad SMARTS) is 1. The van der Waals surface area contributed by atoms with Crippen LogP contribution >= 0.6 is 0 Å². The molecule has 4 rings (SSSR count). The first-order valence-electron chi connectivity index (χ1n) is 11.2. The number of ether oxygens (including phenoxy) is 2. The van der Waals surface area contributed by atoms with E-state index in [1.807, 2.05) is 24.3 Å². The summed E-state index contributed by atoms with van der Waals surface area (Å²) >= 11 is 0. The van der Waals surface area contributed by atoms with Gasteiger partial charge in [0.05, 0.1) is 24.7 Å². The SMILES string of the molecule is C#CC1C(=O)CCCC1(c1cccc(C(=O)O)c1)c1ccc(OC)c(OC2CCCC2)c1. The summed E-state index contributed by atoms with van der Waals surface area (Å²) in [7, 11) is 1.61. The van der Waals surface area contributed by atoms with E-state index in [2.05, 4.69) is 5.92 Å². The molecule has 0 aromatic heterocycles. The highest BCUT2D eigenvalue weighted by Gasteiger charge is 2.47. The third-order valence-electron chi connectivity index (χ3n) is 6.87. The van der Waals surface area contributed by atoms with Gasteiger partial charge in [-0.15, -0.1) is 6.42 Å². The molecule has 166 valence electrons. The Balaban J connectivity index is 1.89. The second kappa shape index (κ2) is 9.08. The van der Waals surface area contributed by atoms with E-state index in [0.717, 1.165) is 36.8 Å². The molecule has 0 amide bonds. The van der Waals surface area contributed by atoms with E-state index in [1.165, 1.54) is 0 Å². The van der Waals surface area contributed by atoms with Crippen LogP contribution in [-0.2, 0) is 10.2 Å². The summed E-state index contributed by atoms with van der Waals surface area (Å²) in [6, 6.07) is 12.5. The average molecular weight is 433 g/mol. The zero-order valence-electron chi connectivity index (χ0n) is 18.3. The van der Waals surface area contributed by atoms with Crippen LogP contribution in [0.3, 0.4) is 0 Å².